The Bertz CT molecular complexity index is 354. The van der Waals surface area contributed by atoms with E-state index < -0.39 is 12.0 Å². The lowest BCUT2D eigenvalue weighted by atomic mass is 10.0. The predicted molar refractivity (Wildman–Crippen MR) is 57.4 cm³/mol. The van der Waals surface area contributed by atoms with Gasteiger partial charge in [0, 0.05) is 0 Å². The Balaban J connectivity index is 2.11. The average molecular weight is 205 g/mol. The van der Waals surface area contributed by atoms with Gasteiger partial charge in [0.15, 0.2) is 0 Å². The quantitative estimate of drug-likeness (QED) is 0.765. The molecule has 0 spiro atoms. The van der Waals surface area contributed by atoms with Crippen molar-refractivity contribution >= 4 is 5.97 Å². The lowest BCUT2D eigenvalue weighted by Gasteiger charge is -2.09. The molecule has 1 aliphatic rings. The highest BCUT2D eigenvalue weighted by molar-refractivity contribution is 5.77. The van der Waals surface area contributed by atoms with Crippen LogP contribution < -0.4 is 5.73 Å². The lowest BCUT2D eigenvalue weighted by Crippen LogP contribution is -2.22. The van der Waals surface area contributed by atoms with Gasteiger partial charge in [0.2, 0.25) is 0 Å². The Labute approximate surface area is 89.2 Å². The highest BCUT2D eigenvalue weighted by Gasteiger charge is 2.23. The van der Waals surface area contributed by atoms with E-state index in [9.17, 15) is 4.79 Å². The zero-order valence-electron chi connectivity index (χ0n) is 8.77. The van der Waals surface area contributed by atoms with Gasteiger partial charge in [0.05, 0.1) is 7.11 Å². The van der Waals surface area contributed by atoms with E-state index in [1.54, 1.807) is 0 Å². The van der Waals surface area contributed by atoms with Crippen molar-refractivity contribution in [2.24, 2.45) is 5.73 Å². The molecule has 0 saturated heterocycles. The molecule has 1 unspecified atom stereocenters. The molecule has 1 saturated carbocycles. The molecule has 1 aromatic rings. The Kier molecular flexibility index (Phi) is 2.73. The number of hydrogen-bond donors (Lipinski definition) is 1. The Morgan fingerprint density at radius 3 is 2.47 bits per heavy atom. The highest BCUT2D eigenvalue weighted by atomic mass is 16.5. The summed E-state index contributed by atoms with van der Waals surface area (Å²) in [6, 6.07) is 7.26. The second-order valence-corrected chi connectivity index (χ2v) is 3.94. The van der Waals surface area contributed by atoms with E-state index in [1.807, 2.05) is 12.1 Å². The molecule has 2 N–H and O–H groups in total. The summed E-state index contributed by atoms with van der Waals surface area (Å²) >= 11 is 0. The molecule has 3 heteroatoms. The first-order valence-electron chi connectivity index (χ1n) is 5.15. The van der Waals surface area contributed by atoms with Crippen molar-refractivity contribution in [3.63, 3.8) is 0 Å². The smallest absolute Gasteiger partial charge is 0.327 e. The van der Waals surface area contributed by atoms with Crippen LogP contribution in [0.1, 0.15) is 35.9 Å². The van der Waals surface area contributed by atoms with Crippen LogP contribution in [0, 0.1) is 0 Å². The lowest BCUT2D eigenvalue weighted by molar-refractivity contribution is -0.142. The van der Waals surface area contributed by atoms with Crippen LogP contribution >= 0.6 is 0 Å². The fourth-order valence-electron chi connectivity index (χ4n) is 1.66. The molecular formula is C12H15NO2. The summed E-state index contributed by atoms with van der Waals surface area (Å²) in [5, 5.41) is 0. The molecule has 0 radical (unpaired) electrons. The maximum absolute atomic E-state index is 11.2. The summed E-state index contributed by atoms with van der Waals surface area (Å²) in [4.78, 5) is 11.2. The largest absolute Gasteiger partial charge is 0.468 e. The molecule has 0 heterocycles. The van der Waals surface area contributed by atoms with Gasteiger partial charge >= 0.3 is 5.97 Å². The number of rotatable bonds is 3. The van der Waals surface area contributed by atoms with Crippen LogP contribution in [0.15, 0.2) is 24.3 Å². The first-order valence-corrected chi connectivity index (χ1v) is 5.15. The second-order valence-electron chi connectivity index (χ2n) is 3.94. The minimum atomic E-state index is -0.664. The fourth-order valence-corrected chi connectivity index (χ4v) is 1.66. The van der Waals surface area contributed by atoms with Crippen molar-refractivity contribution in [3.8, 4) is 0 Å². The summed E-state index contributed by atoms with van der Waals surface area (Å²) in [6.07, 6.45) is 2.56. The minimum Gasteiger partial charge on any atom is -0.468 e. The number of carbonyl (C=O) groups is 1. The molecule has 1 aromatic carbocycles. The van der Waals surface area contributed by atoms with E-state index in [0.717, 1.165) is 11.5 Å². The van der Waals surface area contributed by atoms with Crippen molar-refractivity contribution in [1.29, 1.82) is 0 Å². The van der Waals surface area contributed by atoms with E-state index in [-0.39, 0.29) is 0 Å². The van der Waals surface area contributed by atoms with Crippen molar-refractivity contribution in [1.82, 2.24) is 0 Å². The van der Waals surface area contributed by atoms with Gasteiger partial charge in [0.1, 0.15) is 6.04 Å². The van der Waals surface area contributed by atoms with Crippen LogP contribution in [-0.2, 0) is 9.53 Å². The molecule has 0 aromatic heterocycles. The van der Waals surface area contributed by atoms with Gasteiger partial charge in [-0.05, 0) is 29.9 Å². The predicted octanol–water partition coefficient (Wildman–Crippen LogP) is 1.74. The second kappa shape index (κ2) is 4.03. The molecule has 2 rings (SSSR count). The monoisotopic (exact) mass is 205 g/mol. The third-order valence-corrected chi connectivity index (χ3v) is 2.80. The molecule has 0 aliphatic heterocycles. The third-order valence-electron chi connectivity index (χ3n) is 2.80. The summed E-state index contributed by atoms with van der Waals surface area (Å²) in [7, 11) is 1.35. The van der Waals surface area contributed by atoms with E-state index in [2.05, 4.69) is 16.9 Å². The number of nitrogens with two attached hydrogens (primary N) is 1. The fraction of sp³-hybridized carbons (Fsp3) is 0.417. The number of carbonyl (C=O) groups excluding carboxylic acids is 1. The van der Waals surface area contributed by atoms with Gasteiger partial charge in [0.25, 0.3) is 0 Å². The number of hydrogen-bond acceptors (Lipinski definition) is 3. The van der Waals surface area contributed by atoms with Crippen molar-refractivity contribution in [2.75, 3.05) is 7.11 Å². The summed E-state index contributed by atoms with van der Waals surface area (Å²) in [5.74, 6) is 0.336. The van der Waals surface area contributed by atoms with Gasteiger partial charge in [-0.2, -0.15) is 0 Å². The summed E-state index contributed by atoms with van der Waals surface area (Å²) in [6.45, 7) is 0. The van der Waals surface area contributed by atoms with Crippen LogP contribution in [0.4, 0.5) is 0 Å². The van der Waals surface area contributed by atoms with E-state index >= 15 is 0 Å². The van der Waals surface area contributed by atoms with Crippen LogP contribution in [0.2, 0.25) is 0 Å². The molecule has 15 heavy (non-hydrogen) atoms. The van der Waals surface area contributed by atoms with Crippen LogP contribution in [0.25, 0.3) is 0 Å². The molecule has 0 amide bonds. The highest BCUT2D eigenvalue weighted by Crippen LogP contribution is 2.40. The topological polar surface area (TPSA) is 52.3 Å². The standard InChI is InChI=1S/C12H15NO2/c1-15-12(14)11(13)10-6-4-9(5-7-10)8-2-3-8/h4-8,11H,2-3,13H2,1H3. The van der Waals surface area contributed by atoms with Gasteiger partial charge < -0.3 is 10.5 Å². The number of ether oxygens (including phenoxy) is 1. The van der Waals surface area contributed by atoms with E-state index in [4.69, 9.17) is 5.73 Å². The summed E-state index contributed by atoms with van der Waals surface area (Å²) in [5.41, 5.74) is 7.87. The van der Waals surface area contributed by atoms with Gasteiger partial charge in [-0.15, -0.1) is 0 Å². The van der Waals surface area contributed by atoms with Gasteiger partial charge in [-0.3, -0.25) is 4.79 Å². The maximum atomic E-state index is 11.2. The number of benzene rings is 1. The Morgan fingerprint density at radius 2 is 2.00 bits per heavy atom. The van der Waals surface area contributed by atoms with Crippen LogP contribution in [0.3, 0.4) is 0 Å². The molecule has 80 valence electrons. The zero-order chi connectivity index (χ0) is 10.8. The molecule has 0 bridgehead atoms. The molecule has 1 atom stereocenters. The van der Waals surface area contributed by atoms with E-state index in [0.29, 0.717) is 0 Å². The van der Waals surface area contributed by atoms with Crippen molar-refractivity contribution in [2.45, 2.75) is 24.8 Å². The van der Waals surface area contributed by atoms with Crippen LogP contribution in [-0.4, -0.2) is 13.1 Å². The molecule has 1 fully saturated rings. The first kappa shape index (κ1) is 10.2. The normalized spacial score (nSPS) is 17.2. The van der Waals surface area contributed by atoms with E-state index in [1.165, 1.54) is 25.5 Å². The number of methoxy groups -OCH3 is 1. The minimum absolute atomic E-state index is 0.394. The van der Waals surface area contributed by atoms with Crippen molar-refractivity contribution < 1.29 is 9.53 Å². The SMILES string of the molecule is COC(=O)C(N)c1ccc(C2CC2)cc1. The number of esters is 1. The zero-order valence-corrected chi connectivity index (χ0v) is 8.77. The maximum Gasteiger partial charge on any atom is 0.327 e. The Hall–Kier alpha value is -1.35. The third kappa shape index (κ3) is 2.18. The van der Waals surface area contributed by atoms with Gasteiger partial charge in [-0.1, -0.05) is 24.3 Å². The van der Waals surface area contributed by atoms with Crippen LogP contribution in [0.5, 0.6) is 0 Å². The molecule has 1 aliphatic carbocycles. The average Bonchev–Trinajstić information content (AvgIpc) is 3.11. The van der Waals surface area contributed by atoms with Gasteiger partial charge in [-0.25, -0.2) is 0 Å². The first-order chi connectivity index (χ1) is 7.22. The molecule has 3 nitrogen and oxygen atoms in total. The molecular weight excluding hydrogens is 190 g/mol. The summed E-state index contributed by atoms with van der Waals surface area (Å²) < 4.78 is 4.59. The Morgan fingerprint density at radius 1 is 1.40 bits per heavy atom. The van der Waals surface area contributed by atoms with Crippen molar-refractivity contribution in [3.05, 3.63) is 35.4 Å².